The Labute approximate surface area is 74.6 Å². The Morgan fingerprint density at radius 3 is 2.50 bits per heavy atom. The minimum atomic E-state index is -0.462. The monoisotopic (exact) mass is 170 g/mol. The summed E-state index contributed by atoms with van der Waals surface area (Å²) in [6.07, 6.45) is 0.463. The lowest BCUT2D eigenvalue weighted by molar-refractivity contribution is 0.144. The van der Waals surface area contributed by atoms with E-state index in [1.54, 1.807) is 0 Å². The molecule has 0 aromatic heterocycles. The summed E-state index contributed by atoms with van der Waals surface area (Å²) < 4.78 is 0. The second-order valence-electron chi connectivity index (χ2n) is 3.38. The molecule has 1 N–H and O–H groups in total. The predicted octanol–water partition coefficient (Wildman–Crippen LogP) is 0.991. The zero-order valence-corrected chi connectivity index (χ0v) is 8.12. The van der Waals surface area contributed by atoms with Gasteiger partial charge in [-0.3, -0.25) is 0 Å². The number of nitriles is 1. The van der Waals surface area contributed by atoms with Gasteiger partial charge in [0, 0.05) is 12.6 Å². The van der Waals surface area contributed by atoms with Crippen molar-refractivity contribution >= 4 is 0 Å². The molecule has 1 unspecified atom stereocenters. The van der Waals surface area contributed by atoms with E-state index in [4.69, 9.17) is 5.26 Å². The number of rotatable bonds is 5. The number of hydrogen-bond donors (Lipinski definition) is 1. The molecule has 0 saturated carbocycles. The van der Waals surface area contributed by atoms with Gasteiger partial charge >= 0.3 is 0 Å². The minimum absolute atomic E-state index is 0.242. The number of nitrogens with zero attached hydrogens (tertiary/aromatic N) is 2. The number of hydrogen-bond acceptors (Lipinski definition) is 3. The summed E-state index contributed by atoms with van der Waals surface area (Å²) in [6.45, 7) is 5.06. The first kappa shape index (κ1) is 11.4. The van der Waals surface area contributed by atoms with Crippen molar-refractivity contribution in [3.05, 3.63) is 0 Å². The highest BCUT2D eigenvalue weighted by Gasteiger charge is 2.07. The molecule has 0 radical (unpaired) electrons. The van der Waals surface area contributed by atoms with Crippen molar-refractivity contribution in [2.75, 3.05) is 13.6 Å². The fraction of sp³-hybridized carbons (Fsp3) is 0.889. The van der Waals surface area contributed by atoms with Gasteiger partial charge in [0.1, 0.15) is 0 Å². The molecule has 0 aliphatic rings. The van der Waals surface area contributed by atoms with Gasteiger partial charge in [0.05, 0.1) is 18.6 Å². The van der Waals surface area contributed by atoms with Crippen molar-refractivity contribution in [1.29, 1.82) is 5.26 Å². The smallest absolute Gasteiger partial charge is 0.0682 e. The van der Waals surface area contributed by atoms with E-state index < -0.39 is 6.10 Å². The van der Waals surface area contributed by atoms with Crippen LogP contribution in [0.1, 0.15) is 26.7 Å². The summed E-state index contributed by atoms with van der Waals surface area (Å²) in [4.78, 5) is 2.15. The van der Waals surface area contributed by atoms with Gasteiger partial charge in [-0.15, -0.1) is 0 Å². The van der Waals surface area contributed by atoms with Crippen LogP contribution in [0.2, 0.25) is 0 Å². The lowest BCUT2D eigenvalue weighted by Gasteiger charge is -2.21. The quantitative estimate of drug-likeness (QED) is 0.669. The van der Waals surface area contributed by atoms with Gasteiger partial charge in [0.25, 0.3) is 0 Å². The summed E-state index contributed by atoms with van der Waals surface area (Å²) in [7, 11) is 2.02. The second-order valence-corrected chi connectivity index (χ2v) is 3.38. The molecule has 0 fully saturated rings. The Bertz CT molecular complexity index is 151. The SMILES string of the molecule is CC(C)N(C)CCC(O)CC#N. The predicted molar refractivity (Wildman–Crippen MR) is 48.6 cm³/mol. The van der Waals surface area contributed by atoms with Crippen LogP contribution in [0.15, 0.2) is 0 Å². The van der Waals surface area contributed by atoms with Crippen LogP contribution in [-0.4, -0.2) is 35.7 Å². The van der Waals surface area contributed by atoms with E-state index in [1.807, 2.05) is 13.1 Å². The van der Waals surface area contributed by atoms with Gasteiger partial charge in [-0.1, -0.05) is 0 Å². The molecule has 0 bridgehead atoms. The molecule has 0 spiro atoms. The second kappa shape index (κ2) is 5.99. The fourth-order valence-electron chi connectivity index (χ4n) is 0.818. The molecular formula is C9H18N2O. The molecule has 3 nitrogen and oxygen atoms in total. The van der Waals surface area contributed by atoms with E-state index in [9.17, 15) is 5.11 Å². The summed E-state index contributed by atoms with van der Waals surface area (Å²) in [6, 6.07) is 2.45. The third-order valence-corrected chi connectivity index (χ3v) is 2.02. The molecule has 0 aliphatic carbocycles. The standard InChI is InChI=1S/C9H18N2O/c1-8(2)11(3)7-5-9(12)4-6-10/h8-9,12H,4-5,7H2,1-3H3. The Morgan fingerprint density at radius 2 is 2.08 bits per heavy atom. The van der Waals surface area contributed by atoms with Crippen molar-refractivity contribution in [2.24, 2.45) is 0 Å². The van der Waals surface area contributed by atoms with Gasteiger partial charge in [-0.05, 0) is 27.3 Å². The molecule has 0 rings (SSSR count). The maximum Gasteiger partial charge on any atom is 0.0682 e. The van der Waals surface area contributed by atoms with E-state index in [0.717, 1.165) is 6.54 Å². The third-order valence-electron chi connectivity index (χ3n) is 2.02. The third kappa shape index (κ3) is 5.11. The van der Waals surface area contributed by atoms with Crippen molar-refractivity contribution in [1.82, 2.24) is 4.90 Å². The minimum Gasteiger partial charge on any atom is -0.392 e. The van der Waals surface area contributed by atoms with Gasteiger partial charge < -0.3 is 10.0 Å². The first-order valence-corrected chi connectivity index (χ1v) is 4.33. The first-order chi connectivity index (χ1) is 5.57. The molecule has 70 valence electrons. The van der Waals surface area contributed by atoms with Crippen LogP contribution in [0.5, 0.6) is 0 Å². The fourth-order valence-corrected chi connectivity index (χ4v) is 0.818. The van der Waals surface area contributed by atoms with Crippen molar-refractivity contribution in [3.8, 4) is 6.07 Å². The van der Waals surface area contributed by atoms with Crippen LogP contribution >= 0.6 is 0 Å². The van der Waals surface area contributed by atoms with Crippen molar-refractivity contribution in [3.63, 3.8) is 0 Å². The van der Waals surface area contributed by atoms with Crippen LogP contribution in [-0.2, 0) is 0 Å². The van der Waals surface area contributed by atoms with Crippen LogP contribution in [0.4, 0.5) is 0 Å². The van der Waals surface area contributed by atoms with Crippen molar-refractivity contribution < 1.29 is 5.11 Å². The lowest BCUT2D eigenvalue weighted by atomic mass is 10.2. The molecule has 0 amide bonds. The Morgan fingerprint density at radius 1 is 1.50 bits per heavy atom. The molecule has 0 aromatic rings. The first-order valence-electron chi connectivity index (χ1n) is 4.33. The zero-order valence-electron chi connectivity index (χ0n) is 8.12. The van der Waals surface area contributed by atoms with Crippen LogP contribution in [0.3, 0.4) is 0 Å². The van der Waals surface area contributed by atoms with Crippen molar-refractivity contribution in [2.45, 2.75) is 38.8 Å². The maximum absolute atomic E-state index is 9.23. The van der Waals surface area contributed by atoms with Crippen LogP contribution < -0.4 is 0 Å². The summed E-state index contributed by atoms with van der Waals surface area (Å²) in [5, 5.41) is 17.5. The molecular weight excluding hydrogens is 152 g/mol. The topological polar surface area (TPSA) is 47.3 Å². The number of aliphatic hydroxyl groups is 1. The van der Waals surface area contributed by atoms with E-state index in [1.165, 1.54) is 0 Å². The number of aliphatic hydroxyl groups excluding tert-OH is 1. The van der Waals surface area contributed by atoms with E-state index in [-0.39, 0.29) is 6.42 Å². The van der Waals surface area contributed by atoms with Gasteiger partial charge in [-0.2, -0.15) is 5.26 Å². The largest absolute Gasteiger partial charge is 0.392 e. The Balaban J connectivity index is 3.48. The molecule has 0 heterocycles. The van der Waals surface area contributed by atoms with Gasteiger partial charge in [0.15, 0.2) is 0 Å². The van der Waals surface area contributed by atoms with E-state index in [0.29, 0.717) is 12.5 Å². The summed E-state index contributed by atoms with van der Waals surface area (Å²) >= 11 is 0. The van der Waals surface area contributed by atoms with Crippen LogP contribution in [0, 0.1) is 11.3 Å². The molecule has 1 atom stereocenters. The molecule has 0 saturated heterocycles. The normalized spacial score (nSPS) is 13.4. The van der Waals surface area contributed by atoms with Crippen LogP contribution in [0.25, 0.3) is 0 Å². The lowest BCUT2D eigenvalue weighted by Crippen LogP contribution is -2.29. The molecule has 3 heteroatoms. The average molecular weight is 170 g/mol. The maximum atomic E-state index is 9.23. The molecule has 0 aromatic carbocycles. The summed E-state index contributed by atoms with van der Waals surface area (Å²) in [5.74, 6) is 0. The highest BCUT2D eigenvalue weighted by Crippen LogP contribution is 2.00. The van der Waals surface area contributed by atoms with Gasteiger partial charge in [-0.25, -0.2) is 0 Å². The van der Waals surface area contributed by atoms with E-state index >= 15 is 0 Å². The Kier molecular flexibility index (Phi) is 5.69. The molecule has 0 aliphatic heterocycles. The summed E-state index contributed by atoms with van der Waals surface area (Å²) in [5.41, 5.74) is 0. The van der Waals surface area contributed by atoms with E-state index in [2.05, 4.69) is 18.7 Å². The Hall–Kier alpha value is -0.590. The van der Waals surface area contributed by atoms with Gasteiger partial charge in [0.2, 0.25) is 0 Å². The average Bonchev–Trinajstić information content (AvgIpc) is 2.00. The highest BCUT2D eigenvalue weighted by atomic mass is 16.3. The zero-order chi connectivity index (χ0) is 9.56. The molecule has 12 heavy (non-hydrogen) atoms. The highest BCUT2D eigenvalue weighted by molar-refractivity contribution is 4.75.